The fourth-order valence-corrected chi connectivity index (χ4v) is 5.77. The first-order valence-corrected chi connectivity index (χ1v) is 11.8. The van der Waals surface area contributed by atoms with Crippen molar-refractivity contribution in [3.63, 3.8) is 0 Å². The molecule has 1 aromatic heterocycles. The van der Waals surface area contributed by atoms with Gasteiger partial charge in [0.1, 0.15) is 5.82 Å². The molecule has 1 fully saturated rings. The molecule has 29 heavy (non-hydrogen) atoms. The summed E-state index contributed by atoms with van der Waals surface area (Å²) in [6, 6.07) is 11.4. The fraction of sp³-hybridized carbons (Fsp3) is 0.409. The van der Waals surface area contributed by atoms with Crippen molar-refractivity contribution in [2.75, 3.05) is 11.1 Å². The van der Waals surface area contributed by atoms with Crippen molar-refractivity contribution >= 4 is 32.2 Å². The lowest BCUT2D eigenvalue weighted by molar-refractivity contribution is 0.552. The van der Waals surface area contributed by atoms with E-state index >= 15 is 0 Å². The van der Waals surface area contributed by atoms with Crippen LogP contribution in [-0.4, -0.2) is 24.0 Å². The number of fused-ring (bicyclic) bond motifs is 1. The fourth-order valence-electron chi connectivity index (χ4n) is 4.05. The lowest BCUT2D eigenvalue weighted by Gasteiger charge is -2.11. The molecule has 1 aliphatic rings. The third-order valence-corrected chi connectivity index (χ3v) is 7.45. The van der Waals surface area contributed by atoms with Gasteiger partial charge < -0.3 is 5.32 Å². The van der Waals surface area contributed by atoms with Gasteiger partial charge >= 0.3 is 0 Å². The highest BCUT2D eigenvalue weighted by Crippen LogP contribution is 2.32. The second-order valence-electron chi connectivity index (χ2n) is 8.13. The van der Waals surface area contributed by atoms with E-state index in [1.54, 1.807) is 24.3 Å². The zero-order valence-corrected chi connectivity index (χ0v) is 17.5. The summed E-state index contributed by atoms with van der Waals surface area (Å²) in [5.74, 6) is 0.718. The molecule has 0 aliphatic heterocycles. The van der Waals surface area contributed by atoms with Crippen molar-refractivity contribution in [1.82, 2.24) is 9.78 Å². The van der Waals surface area contributed by atoms with E-state index < -0.39 is 9.84 Å². The predicted molar refractivity (Wildman–Crippen MR) is 114 cm³/mol. The lowest BCUT2D eigenvalue weighted by Crippen LogP contribution is -2.14. The number of aromatic nitrogens is 2. The van der Waals surface area contributed by atoms with Gasteiger partial charge in [0.25, 0.3) is 0 Å². The maximum absolute atomic E-state index is 13.2. The van der Waals surface area contributed by atoms with E-state index in [4.69, 9.17) is 0 Å². The van der Waals surface area contributed by atoms with Gasteiger partial charge in [0, 0.05) is 17.1 Å². The Morgan fingerprint density at radius 1 is 1.14 bits per heavy atom. The molecular weight excluding hydrogens is 389 g/mol. The summed E-state index contributed by atoms with van der Waals surface area (Å²) >= 11 is 0. The van der Waals surface area contributed by atoms with Gasteiger partial charge in [-0.05, 0) is 75.1 Å². The van der Waals surface area contributed by atoms with Crippen LogP contribution in [0.15, 0.2) is 47.4 Å². The Morgan fingerprint density at radius 3 is 2.48 bits per heavy atom. The first-order chi connectivity index (χ1) is 13.8. The van der Waals surface area contributed by atoms with Crippen molar-refractivity contribution in [3.8, 4) is 0 Å². The first-order valence-electron chi connectivity index (χ1n) is 10.1. The molecule has 0 spiro atoms. The molecule has 3 aromatic rings. The smallest absolute Gasteiger partial charge is 0.178 e. The van der Waals surface area contributed by atoms with Gasteiger partial charge in [0.15, 0.2) is 15.7 Å². The molecule has 0 unspecified atom stereocenters. The quantitative estimate of drug-likeness (QED) is 0.580. The summed E-state index contributed by atoms with van der Waals surface area (Å²) in [5.41, 5.74) is 1.56. The van der Waals surface area contributed by atoms with E-state index in [0.29, 0.717) is 16.4 Å². The standard InChI is InChI=1S/C22H26FN3O2S/c1-15(2)26-21-12-11-19(29(27,28)14-16-5-3-4-6-16)13-20(21)22(25-26)24-18-9-7-17(23)8-10-18/h7-13,15-16H,3-6,14H2,1-2H3,(H,24,25). The van der Waals surface area contributed by atoms with Crippen LogP contribution in [0.25, 0.3) is 10.9 Å². The van der Waals surface area contributed by atoms with Gasteiger partial charge in [-0.1, -0.05) is 12.8 Å². The number of rotatable bonds is 6. The molecule has 0 radical (unpaired) electrons. The molecule has 0 amide bonds. The van der Waals surface area contributed by atoms with E-state index in [0.717, 1.165) is 36.6 Å². The first kappa shape index (κ1) is 19.9. The molecule has 0 atom stereocenters. The second-order valence-corrected chi connectivity index (χ2v) is 10.2. The number of anilines is 2. The highest BCUT2D eigenvalue weighted by molar-refractivity contribution is 7.91. The largest absolute Gasteiger partial charge is 0.338 e. The summed E-state index contributed by atoms with van der Waals surface area (Å²) in [7, 11) is -3.36. The van der Waals surface area contributed by atoms with Crippen LogP contribution in [0.4, 0.5) is 15.9 Å². The predicted octanol–water partition coefficient (Wildman–Crippen LogP) is 5.46. The molecule has 5 nitrogen and oxygen atoms in total. The molecule has 2 aromatic carbocycles. The average molecular weight is 416 g/mol. The third kappa shape index (κ3) is 4.15. The normalized spacial score (nSPS) is 15.4. The van der Waals surface area contributed by atoms with Crippen molar-refractivity contribution in [2.45, 2.75) is 50.5 Å². The lowest BCUT2D eigenvalue weighted by atomic mass is 10.1. The number of halogens is 1. The number of hydrogen-bond acceptors (Lipinski definition) is 4. The Balaban J connectivity index is 1.74. The van der Waals surface area contributed by atoms with Gasteiger partial charge in [-0.2, -0.15) is 5.10 Å². The third-order valence-electron chi connectivity index (χ3n) is 5.56. The summed E-state index contributed by atoms with van der Waals surface area (Å²) in [4.78, 5) is 0.336. The van der Waals surface area contributed by atoms with Crippen molar-refractivity contribution < 1.29 is 12.8 Å². The van der Waals surface area contributed by atoms with Gasteiger partial charge in [-0.15, -0.1) is 0 Å². The summed E-state index contributed by atoms with van der Waals surface area (Å²) in [5, 5.41) is 8.60. The zero-order chi connectivity index (χ0) is 20.6. The van der Waals surface area contributed by atoms with Gasteiger partial charge in [0.05, 0.1) is 16.2 Å². The van der Waals surface area contributed by atoms with Crippen LogP contribution >= 0.6 is 0 Å². The molecular formula is C22H26FN3O2S. The highest BCUT2D eigenvalue weighted by atomic mass is 32.2. The minimum absolute atomic E-state index is 0.113. The summed E-state index contributed by atoms with van der Waals surface area (Å²) in [6.45, 7) is 4.05. The number of nitrogens with zero attached hydrogens (tertiary/aromatic N) is 2. The molecule has 1 aliphatic carbocycles. The van der Waals surface area contributed by atoms with E-state index in [2.05, 4.69) is 10.4 Å². The second kappa shape index (κ2) is 7.78. The molecule has 1 N–H and O–H groups in total. The Labute approximate surface area is 170 Å². The van der Waals surface area contributed by atoms with Crippen molar-refractivity contribution in [2.24, 2.45) is 5.92 Å². The molecule has 7 heteroatoms. The van der Waals surface area contributed by atoms with E-state index in [1.807, 2.05) is 24.6 Å². The summed E-state index contributed by atoms with van der Waals surface area (Å²) < 4.78 is 41.1. The number of nitrogens with one attached hydrogen (secondary N) is 1. The molecule has 4 rings (SSSR count). The van der Waals surface area contributed by atoms with Gasteiger partial charge in [-0.25, -0.2) is 12.8 Å². The molecule has 1 saturated carbocycles. The van der Waals surface area contributed by atoms with Crippen LogP contribution in [0.2, 0.25) is 0 Å². The minimum atomic E-state index is -3.36. The average Bonchev–Trinajstić information content (AvgIpc) is 3.31. The van der Waals surface area contributed by atoms with E-state index in [9.17, 15) is 12.8 Å². The van der Waals surface area contributed by atoms with Crippen molar-refractivity contribution in [1.29, 1.82) is 0 Å². The number of hydrogen-bond donors (Lipinski definition) is 1. The Kier molecular flexibility index (Phi) is 5.34. The molecule has 154 valence electrons. The van der Waals surface area contributed by atoms with Crippen LogP contribution in [0.5, 0.6) is 0 Å². The molecule has 0 saturated heterocycles. The Hall–Kier alpha value is -2.41. The van der Waals surface area contributed by atoms with Crippen LogP contribution in [0, 0.1) is 11.7 Å². The van der Waals surface area contributed by atoms with Gasteiger partial charge in [-0.3, -0.25) is 4.68 Å². The van der Waals surface area contributed by atoms with E-state index in [1.165, 1.54) is 12.1 Å². The van der Waals surface area contributed by atoms with Crippen LogP contribution in [0.3, 0.4) is 0 Å². The number of sulfone groups is 1. The summed E-state index contributed by atoms with van der Waals surface area (Å²) in [6.07, 6.45) is 4.21. The SMILES string of the molecule is CC(C)n1nc(Nc2ccc(F)cc2)c2cc(S(=O)(=O)CC3CCCC3)ccc21. The van der Waals surface area contributed by atoms with Crippen LogP contribution in [-0.2, 0) is 9.84 Å². The van der Waals surface area contributed by atoms with Gasteiger partial charge in [0.2, 0.25) is 0 Å². The molecule has 1 heterocycles. The Bertz CT molecular complexity index is 1110. The van der Waals surface area contributed by atoms with Crippen LogP contribution < -0.4 is 5.32 Å². The monoisotopic (exact) mass is 415 g/mol. The minimum Gasteiger partial charge on any atom is -0.338 e. The highest BCUT2D eigenvalue weighted by Gasteiger charge is 2.25. The van der Waals surface area contributed by atoms with E-state index in [-0.39, 0.29) is 23.5 Å². The van der Waals surface area contributed by atoms with Crippen molar-refractivity contribution in [3.05, 3.63) is 48.3 Å². The zero-order valence-electron chi connectivity index (χ0n) is 16.7. The topological polar surface area (TPSA) is 64.0 Å². The number of benzene rings is 2. The maximum atomic E-state index is 13.2. The maximum Gasteiger partial charge on any atom is 0.178 e. The molecule has 0 bridgehead atoms. The Morgan fingerprint density at radius 2 is 1.83 bits per heavy atom. The van der Waals surface area contributed by atoms with Crippen LogP contribution in [0.1, 0.15) is 45.6 Å².